The predicted octanol–water partition coefficient (Wildman–Crippen LogP) is 2.70. The number of esters is 1. The maximum absolute atomic E-state index is 12.4. The van der Waals surface area contributed by atoms with E-state index in [1.54, 1.807) is 24.3 Å². The molecular weight excluding hydrogens is 337 g/mol. The molecule has 0 radical (unpaired) electrons. The topological polar surface area (TPSA) is 66.8 Å². The maximum atomic E-state index is 12.4. The molecule has 1 amide bonds. The molecule has 0 saturated carbocycles. The second-order valence-electron chi connectivity index (χ2n) is 7.83. The average Bonchev–Trinajstić information content (AvgIpc) is 2.54. The van der Waals surface area contributed by atoms with Gasteiger partial charge in [0.1, 0.15) is 0 Å². The summed E-state index contributed by atoms with van der Waals surface area (Å²) in [5.41, 5.74) is 0.845. The zero-order valence-corrected chi connectivity index (χ0v) is 16.7. The first-order valence-corrected chi connectivity index (χ1v) is 11.5. The van der Waals surface area contributed by atoms with Gasteiger partial charge in [0.25, 0.3) is 0 Å². The Morgan fingerprint density at radius 2 is 1.72 bits per heavy atom. The summed E-state index contributed by atoms with van der Waals surface area (Å²) in [5.74, 6) is -0.276. The van der Waals surface area contributed by atoms with Gasteiger partial charge < -0.3 is 0 Å². The van der Waals surface area contributed by atoms with Crippen molar-refractivity contribution in [1.82, 2.24) is 4.90 Å². The molecule has 25 heavy (non-hydrogen) atoms. The Labute approximate surface area is 150 Å². The van der Waals surface area contributed by atoms with E-state index in [0.717, 1.165) is 24.0 Å². The number of carbonyl (C=O) groups is 2. The third-order valence-electron chi connectivity index (χ3n) is 4.65. The molecule has 0 spiro atoms. The van der Waals surface area contributed by atoms with Gasteiger partial charge in [-0.1, -0.05) is 0 Å². The van der Waals surface area contributed by atoms with Crippen LogP contribution in [0.25, 0.3) is 0 Å². The third kappa shape index (κ3) is 5.79. The Bertz CT molecular complexity index is 613. The van der Waals surface area contributed by atoms with Gasteiger partial charge >= 0.3 is 129 Å². The SMILES string of the molecule is CC[PH]1(O)CCN(C(=O)Cc2ccc(C(=O)OC(C)(C)C)cc2)CC1. The van der Waals surface area contributed by atoms with Crippen LogP contribution in [0.5, 0.6) is 0 Å². The zero-order valence-electron chi connectivity index (χ0n) is 15.7. The van der Waals surface area contributed by atoms with Crippen LogP contribution in [0, 0.1) is 0 Å². The number of benzene rings is 1. The number of rotatable bonds is 4. The van der Waals surface area contributed by atoms with Gasteiger partial charge in [-0.2, -0.15) is 0 Å². The standard InChI is InChI=1S/C19H30NO4P/c1-5-25(23)12-10-20(11-13-25)17(21)14-15-6-8-16(9-7-15)18(22)24-19(2,3)4/h6-9,23,25H,5,10-14H2,1-4H3. The molecule has 140 valence electrons. The number of carbonyl (C=O) groups excluding carboxylic acids is 2. The van der Waals surface area contributed by atoms with E-state index in [2.05, 4.69) is 0 Å². The van der Waals surface area contributed by atoms with Crippen molar-refractivity contribution in [3.63, 3.8) is 0 Å². The molecule has 0 atom stereocenters. The molecule has 1 aliphatic rings. The molecule has 0 aliphatic carbocycles. The average molecular weight is 367 g/mol. The number of ether oxygens (including phenoxy) is 1. The molecule has 0 aromatic heterocycles. The summed E-state index contributed by atoms with van der Waals surface area (Å²) in [6.45, 7) is 8.85. The molecular formula is C19H30NO4P. The first-order chi connectivity index (χ1) is 11.6. The number of hydrogen-bond donors (Lipinski definition) is 1. The van der Waals surface area contributed by atoms with Crippen LogP contribution in [0.4, 0.5) is 0 Å². The van der Waals surface area contributed by atoms with Gasteiger partial charge in [0.05, 0.1) is 0 Å². The predicted molar refractivity (Wildman–Crippen MR) is 103 cm³/mol. The molecule has 0 bridgehead atoms. The Morgan fingerprint density at radius 3 is 2.20 bits per heavy atom. The van der Waals surface area contributed by atoms with Gasteiger partial charge in [-0.15, -0.1) is 0 Å². The van der Waals surface area contributed by atoms with Crippen LogP contribution in [0.2, 0.25) is 0 Å². The van der Waals surface area contributed by atoms with Crippen LogP contribution in [-0.2, 0) is 16.0 Å². The first kappa shape index (κ1) is 19.9. The van der Waals surface area contributed by atoms with Crippen LogP contribution in [0.15, 0.2) is 24.3 Å². The van der Waals surface area contributed by atoms with Crippen LogP contribution in [0.1, 0.15) is 43.6 Å². The quantitative estimate of drug-likeness (QED) is 0.656. The summed E-state index contributed by atoms with van der Waals surface area (Å²) in [5, 5.41) is 0. The fourth-order valence-corrected chi connectivity index (χ4v) is 5.24. The Morgan fingerprint density at radius 1 is 1.16 bits per heavy atom. The van der Waals surface area contributed by atoms with E-state index in [-0.39, 0.29) is 11.9 Å². The minimum atomic E-state index is -2.08. The Balaban J connectivity index is 1.91. The van der Waals surface area contributed by atoms with E-state index in [4.69, 9.17) is 4.74 Å². The van der Waals surface area contributed by atoms with Crippen LogP contribution < -0.4 is 0 Å². The summed E-state index contributed by atoms with van der Waals surface area (Å²) in [6.07, 6.45) is 2.72. The van der Waals surface area contributed by atoms with Gasteiger partial charge in [-0.25, -0.2) is 0 Å². The number of nitrogens with zero attached hydrogens (tertiary/aromatic N) is 1. The van der Waals surface area contributed by atoms with Crippen LogP contribution >= 0.6 is 7.49 Å². The van der Waals surface area contributed by atoms with E-state index >= 15 is 0 Å². The van der Waals surface area contributed by atoms with Crippen molar-refractivity contribution in [2.24, 2.45) is 0 Å². The Hall–Kier alpha value is -1.45. The molecule has 5 nitrogen and oxygen atoms in total. The van der Waals surface area contributed by atoms with Crippen molar-refractivity contribution in [3.8, 4) is 0 Å². The van der Waals surface area contributed by atoms with Gasteiger partial charge in [0.2, 0.25) is 0 Å². The fourth-order valence-electron chi connectivity index (χ4n) is 2.91. The van der Waals surface area contributed by atoms with Crippen LogP contribution in [-0.4, -0.2) is 58.8 Å². The minimum absolute atomic E-state index is 0.0807. The molecule has 0 unspecified atom stereocenters. The Kier molecular flexibility index (Phi) is 6.23. The molecule has 1 N–H and O–H groups in total. The molecule has 1 aromatic rings. The normalized spacial score (nSPS) is 18.5. The molecule has 1 aromatic carbocycles. The van der Waals surface area contributed by atoms with Gasteiger partial charge in [-0.05, 0) is 20.8 Å². The van der Waals surface area contributed by atoms with Crippen LogP contribution in [0.3, 0.4) is 0 Å². The van der Waals surface area contributed by atoms with Crippen molar-refractivity contribution in [1.29, 1.82) is 0 Å². The third-order valence-corrected chi connectivity index (χ3v) is 8.27. The second kappa shape index (κ2) is 7.84. The van der Waals surface area contributed by atoms with E-state index in [9.17, 15) is 14.5 Å². The monoisotopic (exact) mass is 367 g/mol. The van der Waals surface area contributed by atoms with Crippen molar-refractivity contribution in [2.45, 2.75) is 39.7 Å². The van der Waals surface area contributed by atoms with E-state index in [0.29, 0.717) is 25.1 Å². The molecule has 1 fully saturated rings. The molecule has 1 heterocycles. The van der Waals surface area contributed by atoms with Gasteiger partial charge in [0.15, 0.2) is 0 Å². The summed E-state index contributed by atoms with van der Waals surface area (Å²) in [7, 11) is -2.08. The van der Waals surface area contributed by atoms with Crippen molar-refractivity contribution < 1.29 is 19.2 Å². The first-order valence-electron chi connectivity index (χ1n) is 8.94. The van der Waals surface area contributed by atoms with E-state index in [1.165, 1.54) is 0 Å². The van der Waals surface area contributed by atoms with E-state index < -0.39 is 13.1 Å². The van der Waals surface area contributed by atoms with E-state index in [1.807, 2.05) is 32.6 Å². The molecule has 6 heteroatoms. The van der Waals surface area contributed by atoms with Crippen molar-refractivity contribution in [2.75, 3.05) is 31.6 Å². The summed E-state index contributed by atoms with van der Waals surface area (Å²) in [6, 6.07) is 7.02. The fraction of sp³-hybridized carbons (Fsp3) is 0.579. The van der Waals surface area contributed by atoms with Crippen molar-refractivity contribution in [3.05, 3.63) is 35.4 Å². The number of amides is 1. The summed E-state index contributed by atoms with van der Waals surface area (Å²) < 4.78 is 5.34. The summed E-state index contributed by atoms with van der Waals surface area (Å²) >= 11 is 0. The molecule has 1 aliphatic heterocycles. The summed E-state index contributed by atoms with van der Waals surface area (Å²) in [4.78, 5) is 36.7. The van der Waals surface area contributed by atoms with Crippen molar-refractivity contribution >= 4 is 19.4 Å². The second-order valence-corrected chi connectivity index (χ2v) is 12.0. The molecule has 1 saturated heterocycles. The molecule has 2 rings (SSSR count). The number of hydrogen-bond acceptors (Lipinski definition) is 4. The van der Waals surface area contributed by atoms with Gasteiger partial charge in [-0.3, -0.25) is 0 Å². The zero-order chi connectivity index (χ0) is 18.7. The van der Waals surface area contributed by atoms with Gasteiger partial charge in [0, 0.05) is 0 Å².